The van der Waals surface area contributed by atoms with Gasteiger partial charge in [0.15, 0.2) is 11.4 Å². The first-order chi connectivity index (χ1) is 14.9. The van der Waals surface area contributed by atoms with Gasteiger partial charge in [0, 0.05) is 5.57 Å². The molecule has 0 radical (unpaired) electrons. The number of aliphatic hydroxyl groups is 1. The number of esters is 1. The van der Waals surface area contributed by atoms with Crippen molar-refractivity contribution >= 4 is 17.7 Å². The molecule has 3 fully saturated rings. The first-order valence-electron chi connectivity index (χ1n) is 11.6. The van der Waals surface area contributed by atoms with Crippen LogP contribution < -0.4 is 0 Å². The Morgan fingerprint density at radius 1 is 1.28 bits per heavy atom. The lowest BCUT2D eigenvalue weighted by molar-refractivity contribution is -0.150. The third-order valence-corrected chi connectivity index (χ3v) is 8.66. The fourth-order valence-electron chi connectivity index (χ4n) is 6.97. The van der Waals surface area contributed by atoms with Crippen LogP contribution in [0.25, 0.3) is 0 Å². The highest BCUT2D eigenvalue weighted by Crippen LogP contribution is 2.64. The van der Waals surface area contributed by atoms with Crippen LogP contribution in [-0.4, -0.2) is 52.4 Å². The van der Waals surface area contributed by atoms with Crippen LogP contribution in [0.1, 0.15) is 65.7 Å². The zero-order chi connectivity index (χ0) is 23.5. The SMILES string of the molecule is C=C1CC[C@H]2C(C)(C)CCC[C@]2(C)[C@H]1C[C@@]12O[C@@H]1[C@H](O)C(COC(=O)CC(=O)O)=CC2=O. The Morgan fingerprint density at radius 3 is 2.69 bits per heavy atom. The molecule has 1 heterocycles. The second-order valence-electron chi connectivity index (χ2n) is 11.0. The van der Waals surface area contributed by atoms with Crippen LogP contribution in [0.4, 0.5) is 0 Å². The van der Waals surface area contributed by atoms with Gasteiger partial charge in [0.2, 0.25) is 0 Å². The lowest BCUT2D eigenvalue weighted by Gasteiger charge is -2.58. The number of carboxylic acid groups (broad SMARTS) is 1. The Balaban J connectivity index is 1.51. The van der Waals surface area contributed by atoms with Crippen LogP contribution >= 0.6 is 0 Å². The van der Waals surface area contributed by atoms with Gasteiger partial charge in [0.1, 0.15) is 25.2 Å². The Labute approximate surface area is 188 Å². The molecule has 0 bridgehead atoms. The van der Waals surface area contributed by atoms with Gasteiger partial charge >= 0.3 is 11.9 Å². The fourth-order valence-corrected chi connectivity index (χ4v) is 6.97. The summed E-state index contributed by atoms with van der Waals surface area (Å²) in [6, 6.07) is 0. The number of ether oxygens (including phenoxy) is 2. The molecule has 0 aromatic carbocycles. The van der Waals surface area contributed by atoms with Crippen LogP contribution in [0, 0.1) is 22.7 Å². The molecule has 4 rings (SSSR count). The van der Waals surface area contributed by atoms with Crippen molar-refractivity contribution in [1.82, 2.24) is 0 Å². The Morgan fingerprint density at radius 2 is 2.00 bits per heavy atom. The van der Waals surface area contributed by atoms with Crippen molar-refractivity contribution in [3.8, 4) is 0 Å². The van der Waals surface area contributed by atoms with E-state index in [-0.39, 0.29) is 34.7 Å². The highest BCUT2D eigenvalue weighted by atomic mass is 16.6. The van der Waals surface area contributed by atoms with Gasteiger partial charge in [-0.1, -0.05) is 39.3 Å². The predicted molar refractivity (Wildman–Crippen MR) is 116 cm³/mol. The number of allylic oxidation sites excluding steroid dienone is 1. The normalized spacial score (nSPS) is 40.1. The molecular formula is C25H34O7. The van der Waals surface area contributed by atoms with E-state index >= 15 is 0 Å². The summed E-state index contributed by atoms with van der Waals surface area (Å²) in [4.78, 5) is 35.3. The van der Waals surface area contributed by atoms with Gasteiger partial charge in [-0.2, -0.15) is 0 Å². The van der Waals surface area contributed by atoms with Crippen LogP contribution in [0.5, 0.6) is 0 Å². The van der Waals surface area contributed by atoms with Gasteiger partial charge in [0.05, 0.1) is 0 Å². The van der Waals surface area contributed by atoms with E-state index in [0.29, 0.717) is 12.3 Å². The summed E-state index contributed by atoms with van der Waals surface area (Å²) in [6.07, 6.45) is 4.88. The van der Waals surface area contributed by atoms with Gasteiger partial charge < -0.3 is 19.7 Å². The van der Waals surface area contributed by atoms with E-state index in [1.54, 1.807) is 0 Å². The number of fused-ring (bicyclic) bond motifs is 2. The monoisotopic (exact) mass is 446 g/mol. The molecule has 2 N–H and O–H groups in total. The molecule has 32 heavy (non-hydrogen) atoms. The van der Waals surface area contributed by atoms with Gasteiger partial charge in [-0.3, -0.25) is 14.4 Å². The predicted octanol–water partition coefficient (Wildman–Crippen LogP) is 3.20. The zero-order valence-corrected chi connectivity index (χ0v) is 19.2. The summed E-state index contributed by atoms with van der Waals surface area (Å²) in [5.74, 6) is -1.73. The van der Waals surface area contributed by atoms with E-state index in [4.69, 9.17) is 14.6 Å². The Hall–Kier alpha value is -1.99. The smallest absolute Gasteiger partial charge is 0.317 e. The molecule has 0 unspecified atom stereocenters. The maximum absolute atomic E-state index is 13.1. The topological polar surface area (TPSA) is 113 Å². The number of epoxide rings is 1. The molecule has 176 valence electrons. The third kappa shape index (κ3) is 3.73. The average molecular weight is 447 g/mol. The van der Waals surface area contributed by atoms with E-state index in [1.807, 2.05) is 0 Å². The maximum atomic E-state index is 13.1. The summed E-state index contributed by atoms with van der Waals surface area (Å²) in [5, 5.41) is 19.4. The van der Waals surface area contributed by atoms with Gasteiger partial charge in [0.25, 0.3) is 0 Å². The molecule has 7 nitrogen and oxygen atoms in total. The van der Waals surface area contributed by atoms with Gasteiger partial charge in [-0.05, 0) is 60.8 Å². The average Bonchev–Trinajstić information content (AvgIpc) is 3.42. The molecule has 1 saturated heterocycles. The van der Waals surface area contributed by atoms with Crippen molar-refractivity contribution in [3.05, 3.63) is 23.8 Å². The molecule has 7 heteroatoms. The second kappa shape index (κ2) is 7.80. The highest BCUT2D eigenvalue weighted by molar-refractivity contribution is 6.02. The van der Waals surface area contributed by atoms with Crippen molar-refractivity contribution in [3.63, 3.8) is 0 Å². The Kier molecular flexibility index (Phi) is 5.65. The molecule has 0 spiro atoms. The van der Waals surface area contributed by atoms with Crippen LogP contribution in [0.3, 0.4) is 0 Å². The summed E-state index contributed by atoms with van der Waals surface area (Å²) in [6.45, 7) is 11.1. The van der Waals surface area contributed by atoms with Crippen LogP contribution in [-0.2, 0) is 23.9 Å². The van der Waals surface area contributed by atoms with Crippen molar-refractivity contribution in [1.29, 1.82) is 0 Å². The molecule has 6 atom stereocenters. The van der Waals surface area contributed by atoms with E-state index < -0.39 is 36.2 Å². The molecule has 2 saturated carbocycles. The van der Waals surface area contributed by atoms with Gasteiger partial charge in [-0.25, -0.2) is 0 Å². The molecule has 0 amide bonds. The molecule has 4 aliphatic rings. The lowest BCUT2D eigenvalue weighted by atomic mass is 9.46. The number of aliphatic carboxylic acids is 1. The number of hydrogen-bond acceptors (Lipinski definition) is 6. The van der Waals surface area contributed by atoms with E-state index in [2.05, 4.69) is 27.4 Å². The van der Waals surface area contributed by atoms with E-state index in [1.165, 1.54) is 18.1 Å². The number of hydrogen-bond donors (Lipinski definition) is 2. The number of rotatable bonds is 6. The van der Waals surface area contributed by atoms with Crippen molar-refractivity contribution in [2.45, 2.75) is 83.5 Å². The van der Waals surface area contributed by atoms with Crippen molar-refractivity contribution in [2.24, 2.45) is 22.7 Å². The standard InChI is InChI=1S/C25H34O7/c1-14-6-7-17-23(2,3)8-5-9-24(17,4)16(14)12-25-18(26)10-15(21(30)22(25)32-25)13-31-20(29)11-19(27)28/h10,16-17,21-22,30H,1,5-9,11-13H2,2-4H3,(H,27,28)/t16-,17-,21+,22+,24+,25-/m0/s1. The van der Waals surface area contributed by atoms with E-state index in [0.717, 1.165) is 25.7 Å². The molecule has 0 aromatic heterocycles. The van der Waals surface area contributed by atoms with E-state index in [9.17, 15) is 19.5 Å². The summed E-state index contributed by atoms with van der Waals surface area (Å²) < 4.78 is 10.8. The minimum absolute atomic E-state index is 0.0456. The van der Waals surface area contributed by atoms with Gasteiger partial charge in [-0.15, -0.1) is 0 Å². The maximum Gasteiger partial charge on any atom is 0.317 e. The molecule has 0 aromatic rings. The largest absolute Gasteiger partial charge is 0.481 e. The highest BCUT2D eigenvalue weighted by Gasteiger charge is 2.69. The molecule has 1 aliphatic heterocycles. The third-order valence-electron chi connectivity index (χ3n) is 8.66. The molecular weight excluding hydrogens is 412 g/mol. The quantitative estimate of drug-likeness (QED) is 0.279. The van der Waals surface area contributed by atoms with Crippen molar-refractivity contribution in [2.75, 3.05) is 6.61 Å². The number of carbonyl (C=O) groups excluding carboxylic acids is 2. The second-order valence-corrected chi connectivity index (χ2v) is 11.0. The van der Waals surface area contributed by atoms with Crippen LogP contribution in [0.15, 0.2) is 23.8 Å². The number of ketones is 1. The van der Waals surface area contributed by atoms with Crippen molar-refractivity contribution < 1.29 is 34.1 Å². The van der Waals surface area contributed by atoms with Crippen LogP contribution in [0.2, 0.25) is 0 Å². The minimum atomic E-state index is -1.29. The lowest BCUT2D eigenvalue weighted by Crippen LogP contribution is -2.51. The Bertz CT molecular complexity index is 887. The first kappa shape index (κ1) is 23.2. The fraction of sp³-hybridized carbons (Fsp3) is 0.720. The summed E-state index contributed by atoms with van der Waals surface area (Å²) in [5.41, 5.74) is 0.663. The number of carbonyl (C=O) groups is 3. The minimum Gasteiger partial charge on any atom is -0.481 e. The molecule has 3 aliphatic carbocycles. The first-order valence-corrected chi connectivity index (χ1v) is 11.6. The summed E-state index contributed by atoms with van der Waals surface area (Å²) >= 11 is 0. The number of carboxylic acids is 1. The number of aliphatic hydroxyl groups excluding tert-OH is 1. The zero-order valence-electron chi connectivity index (χ0n) is 19.2. The summed E-state index contributed by atoms with van der Waals surface area (Å²) in [7, 11) is 0.